The van der Waals surface area contributed by atoms with Gasteiger partial charge in [0.2, 0.25) is 5.95 Å². The number of rotatable bonds is 3. The largest absolute Gasteiger partial charge is 0.463 e. The molecule has 1 aliphatic heterocycles. The second-order valence-electron chi connectivity index (χ2n) is 6.46. The zero-order chi connectivity index (χ0) is 16.5. The van der Waals surface area contributed by atoms with Gasteiger partial charge in [-0.1, -0.05) is 6.92 Å². The van der Waals surface area contributed by atoms with Crippen molar-refractivity contribution >= 4 is 5.95 Å². The summed E-state index contributed by atoms with van der Waals surface area (Å²) in [5.74, 6) is 3.01. The topological polar surface area (TPSA) is 60.0 Å². The van der Waals surface area contributed by atoms with Crippen molar-refractivity contribution in [3.05, 3.63) is 37.0 Å². The van der Waals surface area contributed by atoms with E-state index in [9.17, 15) is 0 Å². The normalized spacial score (nSPS) is 18.1. The highest BCUT2D eigenvalue weighted by molar-refractivity contribution is 5.75. The van der Waals surface area contributed by atoms with Crippen LogP contribution in [0.3, 0.4) is 0 Å². The lowest BCUT2D eigenvalue weighted by atomic mass is 10.0. The van der Waals surface area contributed by atoms with Crippen molar-refractivity contribution < 1.29 is 4.42 Å². The molecular weight excluding hydrogens is 302 g/mol. The Balaban J connectivity index is 1.80. The van der Waals surface area contributed by atoms with Gasteiger partial charge in [-0.3, -0.25) is 0 Å². The maximum atomic E-state index is 5.62. The number of piperidine rings is 1. The minimum atomic E-state index is 0.670. The van der Waals surface area contributed by atoms with Crippen LogP contribution in [0.1, 0.15) is 19.8 Å². The summed E-state index contributed by atoms with van der Waals surface area (Å²) in [5, 5.41) is 0. The molecule has 0 amide bonds. The molecular formula is C18H21N5O. The first kappa shape index (κ1) is 14.9. The van der Waals surface area contributed by atoms with E-state index in [0.717, 1.165) is 41.9 Å². The molecule has 6 nitrogen and oxygen atoms in total. The smallest absolute Gasteiger partial charge is 0.226 e. The van der Waals surface area contributed by atoms with Gasteiger partial charge in [0.25, 0.3) is 0 Å². The Bertz CT molecular complexity index is 824. The summed E-state index contributed by atoms with van der Waals surface area (Å²) in [6.45, 7) is 4.28. The lowest BCUT2D eigenvalue weighted by molar-refractivity contribution is 0.442. The first-order chi connectivity index (χ1) is 11.7. The Hall–Kier alpha value is -2.63. The highest BCUT2D eigenvalue weighted by atomic mass is 16.3. The van der Waals surface area contributed by atoms with Crippen LogP contribution in [0.5, 0.6) is 0 Å². The third-order valence-corrected chi connectivity index (χ3v) is 4.53. The number of imidazole rings is 1. The van der Waals surface area contributed by atoms with Gasteiger partial charge in [0.1, 0.15) is 11.5 Å². The van der Waals surface area contributed by atoms with Crippen LogP contribution >= 0.6 is 0 Å². The Morgan fingerprint density at radius 1 is 1.29 bits per heavy atom. The fourth-order valence-corrected chi connectivity index (χ4v) is 3.29. The summed E-state index contributed by atoms with van der Waals surface area (Å²) in [5.41, 5.74) is 1.67. The van der Waals surface area contributed by atoms with Gasteiger partial charge >= 0.3 is 0 Å². The number of aryl methyl sites for hydroxylation is 1. The molecule has 0 aromatic carbocycles. The van der Waals surface area contributed by atoms with Gasteiger partial charge in [-0.15, -0.1) is 0 Å². The molecule has 0 radical (unpaired) electrons. The van der Waals surface area contributed by atoms with Crippen LogP contribution in [0.25, 0.3) is 22.8 Å². The quantitative estimate of drug-likeness (QED) is 0.739. The number of furan rings is 1. The molecule has 24 heavy (non-hydrogen) atoms. The van der Waals surface area contributed by atoms with E-state index in [2.05, 4.69) is 21.8 Å². The van der Waals surface area contributed by atoms with Crippen LogP contribution < -0.4 is 4.90 Å². The van der Waals surface area contributed by atoms with Crippen LogP contribution in [0.2, 0.25) is 0 Å². The number of anilines is 1. The first-order valence-electron chi connectivity index (χ1n) is 8.36. The molecule has 0 saturated carbocycles. The van der Waals surface area contributed by atoms with E-state index >= 15 is 0 Å². The third-order valence-electron chi connectivity index (χ3n) is 4.53. The molecule has 3 aromatic rings. The molecule has 1 saturated heterocycles. The number of hydrogen-bond acceptors (Lipinski definition) is 5. The molecule has 1 atom stereocenters. The molecule has 6 heteroatoms. The van der Waals surface area contributed by atoms with Crippen LogP contribution in [0.4, 0.5) is 5.95 Å². The SMILES string of the molecule is C[C@@H]1CCCN(c2ncc(-c3nccn3C)c(-c3ccco3)n2)C1. The highest BCUT2D eigenvalue weighted by Gasteiger charge is 2.22. The lowest BCUT2D eigenvalue weighted by Crippen LogP contribution is -2.35. The number of hydrogen-bond donors (Lipinski definition) is 0. The number of aromatic nitrogens is 4. The summed E-state index contributed by atoms with van der Waals surface area (Å²) in [4.78, 5) is 16.2. The van der Waals surface area contributed by atoms with Crippen molar-refractivity contribution in [1.82, 2.24) is 19.5 Å². The molecule has 0 spiro atoms. The highest BCUT2D eigenvalue weighted by Crippen LogP contribution is 2.31. The summed E-state index contributed by atoms with van der Waals surface area (Å²) >= 11 is 0. The Labute approximate surface area is 141 Å². The van der Waals surface area contributed by atoms with Crippen LogP contribution in [-0.4, -0.2) is 32.6 Å². The predicted octanol–water partition coefficient (Wildman–Crippen LogP) is 3.37. The van der Waals surface area contributed by atoms with E-state index in [1.54, 1.807) is 12.5 Å². The molecule has 3 aromatic heterocycles. The standard InChI is InChI=1S/C18H21N5O/c1-13-5-3-8-23(12-13)18-20-11-14(17-19-7-9-22(17)2)16(21-18)15-6-4-10-24-15/h4,6-7,9-11,13H,3,5,8,12H2,1-2H3/t13-/m1/s1. The van der Waals surface area contributed by atoms with E-state index in [1.165, 1.54) is 12.8 Å². The lowest BCUT2D eigenvalue weighted by Gasteiger charge is -2.31. The van der Waals surface area contributed by atoms with Gasteiger partial charge in [-0.25, -0.2) is 15.0 Å². The summed E-state index contributed by atoms with van der Waals surface area (Å²) in [6, 6.07) is 3.81. The molecule has 4 rings (SSSR count). The summed E-state index contributed by atoms with van der Waals surface area (Å²) in [7, 11) is 1.97. The van der Waals surface area contributed by atoms with Gasteiger partial charge < -0.3 is 13.9 Å². The molecule has 0 bridgehead atoms. The van der Waals surface area contributed by atoms with E-state index in [4.69, 9.17) is 9.40 Å². The minimum Gasteiger partial charge on any atom is -0.463 e. The van der Waals surface area contributed by atoms with Crippen molar-refractivity contribution in [3.63, 3.8) is 0 Å². The fourth-order valence-electron chi connectivity index (χ4n) is 3.29. The van der Waals surface area contributed by atoms with Crippen molar-refractivity contribution in [2.75, 3.05) is 18.0 Å². The predicted molar refractivity (Wildman–Crippen MR) is 92.5 cm³/mol. The van der Waals surface area contributed by atoms with Gasteiger partial charge in [0.05, 0.1) is 11.8 Å². The maximum Gasteiger partial charge on any atom is 0.226 e. The Morgan fingerprint density at radius 3 is 2.92 bits per heavy atom. The molecule has 0 unspecified atom stereocenters. The average molecular weight is 323 g/mol. The Kier molecular flexibility index (Phi) is 3.80. The molecule has 1 aliphatic rings. The van der Waals surface area contributed by atoms with Crippen molar-refractivity contribution in [1.29, 1.82) is 0 Å². The second kappa shape index (κ2) is 6.11. The second-order valence-corrected chi connectivity index (χ2v) is 6.46. The molecule has 0 aliphatic carbocycles. The maximum absolute atomic E-state index is 5.62. The third kappa shape index (κ3) is 2.68. The monoisotopic (exact) mass is 323 g/mol. The van der Waals surface area contributed by atoms with Crippen LogP contribution in [0, 0.1) is 5.92 Å². The van der Waals surface area contributed by atoms with Crippen molar-refractivity contribution in [3.8, 4) is 22.8 Å². The Morgan fingerprint density at radius 2 is 2.21 bits per heavy atom. The molecule has 0 N–H and O–H groups in total. The van der Waals surface area contributed by atoms with E-state index in [-0.39, 0.29) is 0 Å². The van der Waals surface area contributed by atoms with Crippen molar-refractivity contribution in [2.45, 2.75) is 19.8 Å². The summed E-state index contributed by atoms with van der Waals surface area (Å²) in [6.07, 6.45) is 9.68. The van der Waals surface area contributed by atoms with E-state index in [1.807, 2.05) is 36.1 Å². The van der Waals surface area contributed by atoms with Crippen LogP contribution in [0.15, 0.2) is 41.4 Å². The van der Waals surface area contributed by atoms with Crippen molar-refractivity contribution in [2.24, 2.45) is 13.0 Å². The van der Waals surface area contributed by atoms with Crippen LogP contribution in [-0.2, 0) is 7.05 Å². The first-order valence-corrected chi connectivity index (χ1v) is 8.36. The van der Waals surface area contributed by atoms with Gasteiger partial charge in [-0.2, -0.15) is 0 Å². The van der Waals surface area contributed by atoms with Gasteiger partial charge in [0, 0.05) is 38.7 Å². The summed E-state index contributed by atoms with van der Waals surface area (Å²) < 4.78 is 7.58. The van der Waals surface area contributed by atoms with E-state index in [0.29, 0.717) is 5.92 Å². The number of nitrogens with zero attached hydrogens (tertiary/aromatic N) is 5. The average Bonchev–Trinajstić information content (AvgIpc) is 3.26. The molecule has 4 heterocycles. The minimum absolute atomic E-state index is 0.670. The van der Waals surface area contributed by atoms with Gasteiger partial charge in [0.15, 0.2) is 5.76 Å². The van der Waals surface area contributed by atoms with E-state index < -0.39 is 0 Å². The molecule has 124 valence electrons. The fraction of sp³-hybridized carbons (Fsp3) is 0.389. The zero-order valence-electron chi connectivity index (χ0n) is 14.0. The van der Waals surface area contributed by atoms with Gasteiger partial charge in [-0.05, 0) is 30.9 Å². The zero-order valence-corrected chi connectivity index (χ0v) is 14.0. The molecule has 1 fully saturated rings.